The van der Waals surface area contributed by atoms with E-state index in [0.717, 1.165) is 53.9 Å². The van der Waals surface area contributed by atoms with Crippen LogP contribution in [0.15, 0.2) is 42.0 Å². The molecule has 204 valence electrons. The molecule has 2 heteroatoms. The van der Waals surface area contributed by atoms with Crippen molar-refractivity contribution in [2.24, 2.45) is 46.3 Å². The van der Waals surface area contributed by atoms with Crippen molar-refractivity contribution >= 4 is 5.97 Å². The summed E-state index contributed by atoms with van der Waals surface area (Å²) in [5.74, 6) is 5.14. The highest BCUT2D eigenvalue weighted by molar-refractivity contribution is 5.72. The molecular weight excluding hydrogens is 452 g/mol. The summed E-state index contributed by atoms with van der Waals surface area (Å²) in [6.45, 7) is 12.6. The molecule has 4 aliphatic carbocycles. The number of esters is 1. The van der Waals surface area contributed by atoms with Crippen LogP contribution in [0.1, 0.15) is 111 Å². The fraction of sp³-hybridized carbons (Fsp3) is 0.743. The van der Waals surface area contributed by atoms with Crippen LogP contribution < -0.4 is 0 Å². The van der Waals surface area contributed by atoms with Gasteiger partial charge in [-0.15, -0.1) is 0 Å². The highest BCUT2D eigenvalue weighted by Crippen LogP contribution is 2.67. The van der Waals surface area contributed by atoms with Gasteiger partial charge in [0.1, 0.15) is 6.10 Å². The molecular formula is C35H52O2. The summed E-state index contributed by atoms with van der Waals surface area (Å²) in [4.78, 5) is 12.7. The Morgan fingerprint density at radius 3 is 2.51 bits per heavy atom. The predicted molar refractivity (Wildman–Crippen MR) is 153 cm³/mol. The highest BCUT2D eigenvalue weighted by Gasteiger charge is 2.59. The van der Waals surface area contributed by atoms with Gasteiger partial charge < -0.3 is 4.74 Å². The molecule has 0 aliphatic heterocycles. The van der Waals surface area contributed by atoms with Gasteiger partial charge in [0.2, 0.25) is 0 Å². The number of hydrogen-bond acceptors (Lipinski definition) is 2. The number of carbonyl (C=O) groups excluding carboxylic acids is 1. The summed E-state index contributed by atoms with van der Waals surface area (Å²) < 4.78 is 6.02. The van der Waals surface area contributed by atoms with E-state index in [9.17, 15) is 4.79 Å². The molecule has 0 saturated heterocycles. The average Bonchev–Trinajstić information content (AvgIpc) is 3.22. The zero-order valence-corrected chi connectivity index (χ0v) is 24.3. The molecule has 0 N–H and O–H groups in total. The fourth-order valence-corrected chi connectivity index (χ4v) is 9.74. The van der Waals surface area contributed by atoms with Crippen molar-refractivity contribution in [2.45, 2.75) is 118 Å². The molecule has 3 saturated carbocycles. The molecule has 0 aromatic heterocycles. The van der Waals surface area contributed by atoms with Crippen LogP contribution in [-0.2, 0) is 16.0 Å². The van der Waals surface area contributed by atoms with E-state index < -0.39 is 0 Å². The second-order valence-corrected chi connectivity index (χ2v) is 14.3. The molecule has 0 bridgehead atoms. The molecule has 1 aromatic rings. The third kappa shape index (κ3) is 5.33. The maximum absolute atomic E-state index is 12.7. The van der Waals surface area contributed by atoms with Crippen LogP contribution in [0.4, 0.5) is 0 Å². The number of ether oxygens (including phenoxy) is 1. The van der Waals surface area contributed by atoms with E-state index in [1.165, 1.54) is 57.8 Å². The van der Waals surface area contributed by atoms with Crippen molar-refractivity contribution in [3.05, 3.63) is 47.5 Å². The minimum absolute atomic E-state index is 0.0588. The number of hydrogen-bond donors (Lipinski definition) is 0. The topological polar surface area (TPSA) is 26.3 Å². The number of allylic oxidation sites excluding steroid dienone is 1. The number of rotatable bonds is 8. The van der Waals surface area contributed by atoms with Gasteiger partial charge in [0.15, 0.2) is 0 Å². The van der Waals surface area contributed by atoms with Crippen molar-refractivity contribution in [3.63, 3.8) is 0 Å². The molecule has 8 atom stereocenters. The van der Waals surface area contributed by atoms with Crippen LogP contribution in [0, 0.1) is 46.3 Å². The minimum Gasteiger partial charge on any atom is -0.462 e. The standard InChI is InChI=1S/C35H52O2/c1-24(2)10-9-11-25(3)30-16-17-31-29-15-14-27-23-28(37-33(36)22-26-12-7-6-8-13-26)18-20-34(27,4)32(29)19-21-35(30,31)5/h6-8,12-14,24-25,28-32H,9-11,15-23H2,1-5H3/t25-,28+,29-,30+,31-,32-,34+,35+/m1/s1. The molecule has 0 spiro atoms. The van der Waals surface area contributed by atoms with Crippen LogP contribution in [-0.4, -0.2) is 12.1 Å². The Hall–Kier alpha value is -1.57. The molecule has 0 radical (unpaired) electrons. The van der Waals surface area contributed by atoms with Gasteiger partial charge in [0.25, 0.3) is 0 Å². The van der Waals surface area contributed by atoms with Crippen molar-refractivity contribution in [1.29, 1.82) is 0 Å². The summed E-state index contributed by atoms with van der Waals surface area (Å²) in [6, 6.07) is 10.0. The van der Waals surface area contributed by atoms with Crippen molar-refractivity contribution < 1.29 is 9.53 Å². The Labute approximate surface area is 227 Å². The van der Waals surface area contributed by atoms with E-state index >= 15 is 0 Å². The maximum atomic E-state index is 12.7. The van der Waals surface area contributed by atoms with Gasteiger partial charge in [-0.1, -0.05) is 95.9 Å². The lowest BCUT2D eigenvalue weighted by Gasteiger charge is -2.58. The van der Waals surface area contributed by atoms with Crippen molar-refractivity contribution in [1.82, 2.24) is 0 Å². The summed E-state index contributed by atoms with van der Waals surface area (Å²) in [5.41, 5.74) is 3.51. The average molecular weight is 505 g/mol. The van der Waals surface area contributed by atoms with Gasteiger partial charge >= 0.3 is 5.97 Å². The lowest BCUT2D eigenvalue weighted by atomic mass is 9.47. The Bertz CT molecular complexity index is 963. The van der Waals surface area contributed by atoms with Crippen LogP contribution >= 0.6 is 0 Å². The molecule has 0 heterocycles. The normalized spacial score (nSPS) is 37.8. The molecule has 5 rings (SSSR count). The largest absolute Gasteiger partial charge is 0.462 e. The van der Waals surface area contributed by atoms with E-state index in [1.54, 1.807) is 5.57 Å². The molecule has 1 aromatic carbocycles. The van der Waals surface area contributed by atoms with Gasteiger partial charge in [0.05, 0.1) is 6.42 Å². The molecule has 2 nitrogen and oxygen atoms in total. The van der Waals surface area contributed by atoms with Gasteiger partial charge in [-0.05, 0) is 96.8 Å². The molecule has 0 amide bonds. The van der Waals surface area contributed by atoms with Crippen molar-refractivity contribution in [2.75, 3.05) is 0 Å². The Morgan fingerprint density at radius 2 is 1.76 bits per heavy atom. The van der Waals surface area contributed by atoms with Gasteiger partial charge in [0, 0.05) is 6.42 Å². The zero-order valence-electron chi connectivity index (χ0n) is 24.3. The lowest BCUT2D eigenvalue weighted by molar-refractivity contribution is -0.150. The first-order chi connectivity index (χ1) is 17.7. The summed E-state index contributed by atoms with van der Waals surface area (Å²) in [7, 11) is 0. The summed E-state index contributed by atoms with van der Waals surface area (Å²) in [5, 5.41) is 0. The van der Waals surface area contributed by atoms with Crippen LogP contribution in [0.3, 0.4) is 0 Å². The van der Waals surface area contributed by atoms with Crippen LogP contribution in [0.2, 0.25) is 0 Å². The fourth-order valence-electron chi connectivity index (χ4n) is 9.74. The molecule has 0 unspecified atom stereocenters. The maximum Gasteiger partial charge on any atom is 0.310 e. The smallest absolute Gasteiger partial charge is 0.310 e. The minimum atomic E-state index is -0.0676. The second-order valence-electron chi connectivity index (χ2n) is 14.3. The van der Waals surface area contributed by atoms with E-state index in [-0.39, 0.29) is 12.1 Å². The first kappa shape index (κ1) is 27.0. The van der Waals surface area contributed by atoms with Crippen LogP contribution in [0.5, 0.6) is 0 Å². The zero-order chi connectivity index (χ0) is 26.2. The Morgan fingerprint density at radius 1 is 0.973 bits per heavy atom. The SMILES string of the molecule is CC(C)CCC[C@@H](C)[C@@H]1CC[C@@H]2[C@H]3CC=C4C[C@@H](OC(=O)Cc5ccccc5)CC[C@]4(C)[C@@H]3CC[C@]21C. The van der Waals surface area contributed by atoms with E-state index in [2.05, 4.69) is 40.7 Å². The highest BCUT2D eigenvalue weighted by atomic mass is 16.5. The quantitative estimate of drug-likeness (QED) is 0.260. The third-order valence-corrected chi connectivity index (χ3v) is 11.7. The Balaban J connectivity index is 1.22. The van der Waals surface area contributed by atoms with E-state index in [4.69, 9.17) is 4.74 Å². The van der Waals surface area contributed by atoms with E-state index in [1.807, 2.05) is 30.3 Å². The predicted octanol–water partition coefficient (Wildman–Crippen LogP) is 9.18. The number of carbonyl (C=O) groups is 1. The molecule has 4 aliphatic rings. The molecule has 3 fully saturated rings. The van der Waals surface area contributed by atoms with Crippen LogP contribution in [0.25, 0.3) is 0 Å². The Kier molecular flexibility index (Phi) is 7.95. The van der Waals surface area contributed by atoms with Gasteiger partial charge in [-0.2, -0.15) is 0 Å². The van der Waals surface area contributed by atoms with E-state index in [0.29, 0.717) is 17.3 Å². The first-order valence-electron chi connectivity index (χ1n) is 15.6. The monoisotopic (exact) mass is 504 g/mol. The number of fused-ring (bicyclic) bond motifs is 5. The van der Waals surface area contributed by atoms with Gasteiger partial charge in [-0.3, -0.25) is 4.79 Å². The third-order valence-electron chi connectivity index (χ3n) is 11.7. The second kappa shape index (κ2) is 10.9. The van der Waals surface area contributed by atoms with Crippen molar-refractivity contribution in [3.8, 4) is 0 Å². The summed E-state index contributed by atoms with van der Waals surface area (Å²) in [6.07, 6.45) is 17.4. The lowest BCUT2D eigenvalue weighted by Crippen LogP contribution is -2.51. The number of benzene rings is 1. The first-order valence-corrected chi connectivity index (χ1v) is 15.6. The van der Waals surface area contributed by atoms with Gasteiger partial charge in [-0.25, -0.2) is 0 Å². The molecule has 37 heavy (non-hydrogen) atoms. The summed E-state index contributed by atoms with van der Waals surface area (Å²) >= 11 is 0.